The zero-order valence-corrected chi connectivity index (χ0v) is 22.4. The standard InChI is InChI=1S/C31H34N2O5/c1-5-38-31(35)25(15-21-10-11-21)17-24-16-22(12-9-20(24)2)27-7-6-8-28(33-27)30(34)32-19-23-13-14-26(36-3)18-29(23)37-4/h6-9,12-14,16-18,21H,5,10-11,15,19H2,1-4H3,(H,32,34)/b25-17+. The van der Waals surface area contributed by atoms with Crippen molar-refractivity contribution in [3.05, 3.63) is 82.6 Å². The minimum atomic E-state index is -0.286. The summed E-state index contributed by atoms with van der Waals surface area (Å²) >= 11 is 0. The molecule has 0 atom stereocenters. The molecule has 0 bridgehead atoms. The van der Waals surface area contributed by atoms with Gasteiger partial charge in [0, 0.05) is 29.3 Å². The molecular formula is C31H34N2O5. The SMILES string of the molecule is CCOC(=O)/C(=C/c1cc(-c2cccc(C(=O)NCc3ccc(OC)cc3OC)n2)ccc1C)CC1CC1. The van der Waals surface area contributed by atoms with Gasteiger partial charge in [0.15, 0.2) is 0 Å². The fourth-order valence-corrected chi connectivity index (χ4v) is 4.19. The van der Waals surface area contributed by atoms with Crippen molar-refractivity contribution >= 4 is 18.0 Å². The smallest absolute Gasteiger partial charge is 0.334 e. The second-order valence-electron chi connectivity index (χ2n) is 9.38. The van der Waals surface area contributed by atoms with Gasteiger partial charge in [0.2, 0.25) is 0 Å². The summed E-state index contributed by atoms with van der Waals surface area (Å²) in [5, 5.41) is 2.92. The molecule has 0 spiro atoms. The van der Waals surface area contributed by atoms with E-state index in [0.29, 0.717) is 41.0 Å². The molecule has 3 aromatic rings. The van der Waals surface area contributed by atoms with Crippen molar-refractivity contribution in [2.45, 2.75) is 39.7 Å². The molecule has 1 heterocycles. The third-order valence-electron chi connectivity index (χ3n) is 6.56. The van der Waals surface area contributed by atoms with Crippen molar-refractivity contribution in [1.29, 1.82) is 0 Å². The molecule has 2 aromatic carbocycles. The summed E-state index contributed by atoms with van der Waals surface area (Å²) in [5.74, 6) is 1.33. The number of carbonyl (C=O) groups is 2. The molecule has 1 saturated carbocycles. The topological polar surface area (TPSA) is 86.8 Å². The first-order chi connectivity index (χ1) is 18.4. The highest BCUT2D eigenvalue weighted by Gasteiger charge is 2.26. The summed E-state index contributed by atoms with van der Waals surface area (Å²) in [6, 6.07) is 16.8. The fourth-order valence-electron chi connectivity index (χ4n) is 4.19. The highest BCUT2D eigenvalue weighted by atomic mass is 16.5. The lowest BCUT2D eigenvalue weighted by atomic mass is 9.98. The number of aryl methyl sites for hydroxylation is 1. The molecule has 1 N–H and O–H groups in total. The van der Waals surface area contributed by atoms with Crippen LogP contribution in [-0.2, 0) is 16.1 Å². The molecule has 198 valence electrons. The summed E-state index contributed by atoms with van der Waals surface area (Å²) < 4.78 is 16.0. The van der Waals surface area contributed by atoms with Gasteiger partial charge in [-0.25, -0.2) is 9.78 Å². The van der Waals surface area contributed by atoms with E-state index in [9.17, 15) is 9.59 Å². The largest absolute Gasteiger partial charge is 0.497 e. The van der Waals surface area contributed by atoms with Crippen LogP contribution in [0.1, 0.15) is 53.4 Å². The Morgan fingerprint density at radius 2 is 1.87 bits per heavy atom. The van der Waals surface area contributed by atoms with Crippen LogP contribution in [0.25, 0.3) is 17.3 Å². The average molecular weight is 515 g/mol. The van der Waals surface area contributed by atoms with Crippen molar-refractivity contribution in [2.75, 3.05) is 20.8 Å². The van der Waals surface area contributed by atoms with Gasteiger partial charge in [-0.3, -0.25) is 4.79 Å². The molecule has 0 aliphatic heterocycles. The van der Waals surface area contributed by atoms with Gasteiger partial charge in [-0.2, -0.15) is 0 Å². The van der Waals surface area contributed by atoms with Crippen LogP contribution in [0.15, 0.2) is 60.2 Å². The number of methoxy groups -OCH3 is 2. The second kappa shape index (κ2) is 12.4. The van der Waals surface area contributed by atoms with Gasteiger partial charge in [-0.05, 0) is 86.6 Å². The monoisotopic (exact) mass is 514 g/mol. The number of rotatable bonds is 11. The van der Waals surface area contributed by atoms with E-state index in [4.69, 9.17) is 14.2 Å². The number of hydrogen-bond donors (Lipinski definition) is 1. The molecule has 0 unspecified atom stereocenters. The number of hydrogen-bond acceptors (Lipinski definition) is 6. The molecular weight excluding hydrogens is 480 g/mol. The molecule has 0 radical (unpaired) electrons. The lowest BCUT2D eigenvalue weighted by Crippen LogP contribution is -2.24. The van der Waals surface area contributed by atoms with Gasteiger partial charge in [0.05, 0.1) is 26.5 Å². The van der Waals surface area contributed by atoms with E-state index in [-0.39, 0.29) is 18.4 Å². The predicted octanol–water partition coefficient (Wildman–Crippen LogP) is 5.75. The van der Waals surface area contributed by atoms with Crippen LogP contribution in [0.3, 0.4) is 0 Å². The van der Waals surface area contributed by atoms with Crippen molar-refractivity contribution in [3.63, 3.8) is 0 Å². The van der Waals surface area contributed by atoms with Crippen molar-refractivity contribution in [1.82, 2.24) is 10.3 Å². The van der Waals surface area contributed by atoms with Crippen molar-refractivity contribution in [3.8, 4) is 22.8 Å². The van der Waals surface area contributed by atoms with Crippen LogP contribution >= 0.6 is 0 Å². The molecule has 38 heavy (non-hydrogen) atoms. The first kappa shape index (κ1) is 26.9. The third-order valence-corrected chi connectivity index (χ3v) is 6.56. The number of carbonyl (C=O) groups excluding carboxylic acids is 2. The van der Waals surface area contributed by atoms with E-state index in [1.54, 1.807) is 26.4 Å². The molecule has 1 amide bonds. The minimum Gasteiger partial charge on any atom is -0.497 e. The Labute approximate surface area is 223 Å². The van der Waals surface area contributed by atoms with E-state index >= 15 is 0 Å². The van der Waals surface area contributed by atoms with E-state index in [1.165, 1.54) is 0 Å². The number of nitrogens with one attached hydrogen (secondary N) is 1. The van der Waals surface area contributed by atoms with Crippen molar-refractivity contribution in [2.24, 2.45) is 5.92 Å². The van der Waals surface area contributed by atoms with Gasteiger partial charge in [0.1, 0.15) is 17.2 Å². The molecule has 1 aliphatic carbocycles. The Balaban J connectivity index is 1.54. The van der Waals surface area contributed by atoms with Crippen LogP contribution < -0.4 is 14.8 Å². The van der Waals surface area contributed by atoms with Crippen LogP contribution in [0.2, 0.25) is 0 Å². The van der Waals surface area contributed by atoms with E-state index in [2.05, 4.69) is 10.3 Å². The predicted molar refractivity (Wildman–Crippen MR) is 147 cm³/mol. The number of esters is 1. The Bertz CT molecular complexity index is 1340. The number of amides is 1. The highest BCUT2D eigenvalue weighted by molar-refractivity contribution is 5.94. The Morgan fingerprint density at radius 1 is 1.05 bits per heavy atom. The minimum absolute atomic E-state index is 0.255. The third kappa shape index (κ3) is 6.79. The average Bonchev–Trinajstić information content (AvgIpc) is 3.76. The number of nitrogens with zero attached hydrogens (tertiary/aromatic N) is 1. The summed E-state index contributed by atoms with van der Waals surface area (Å²) in [7, 11) is 3.17. The summed E-state index contributed by atoms with van der Waals surface area (Å²) in [4.78, 5) is 30.1. The van der Waals surface area contributed by atoms with Crippen LogP contribution in [-0.4, -0.2) is 37.7 Å². The van der Waals surface area contributed by atoms with Gasteiger partial charge in [-0.1, -0.05) is 18.2 Å². The lowest BCUT2D eigenvalue weighted by Gasteiger charge is -2.12. The second-order valence-corrected chi connectivity index (χ2v) is 9.38. The van der Waals surface area contributed by atoms with E-state index in [0.717, 1.165) is 41.5 Å². The molecule has 1 fully saturated rings. The first-order valence-corrected chi connectivity index (χ1v) is 12.9. The van der Waals surface area contributed by atoms with Crippen LogP contribution in [0.4, 0.5) is 0 Å². The maximum absolute atomic E-state index is 12.9. The highest BCUT2D eigenvalue weighted by Crippen LogP contribution is 2.36. The van der Waals surface area contributed by atoms with Gasteiger partial charge < -0.3 is 19.5 Å². The Hall–Kier alpha value is -4.13. The number of pyridine rings is 1. The lowest BCUT2D eigenvalue weighted by molar-refractivity contribution is -0.138. The molecule has 1 aliphatic rings. The van der Waals surface area contributed by atoms with Crippen LogP contribution in [0.5, 0.6) is 11.5 Å². The molecule has 0 saturated heterocycles. The summed E-state index contributed by atoms with van der Waals surface area (Å²) in [5.41, 5.74) is 5.37. The molecule has 7 heteroatoms. The van der Waals surface area contributed by atoms with Crippen molar-refractivity contribution < 1.29 is 23.8 Å². The summed E-state index contributed by atoms with van der Waals surface area (Å²) in [6.45, 7) is 4.47. The molecule has 1 aromatic heterocycles. The van der Waals surface area contributed by atoms with Crippen LogP contribution in [0, 0.1) is 12.8 Å². The first-order valence-electron chi connectivity index (χ1n) is 12.9. The summed E-state index contributed by atoms with van der Waals surface area (Å²) in [6.07, 6.45) is 4.98. The maximum atomic E-state index is 12.9. The quantitative estimate of drug-likeness (QED) is 0.259. The van der Waals surface area contributed by atoms with Gasteiger partial charge >= 0.3 is 5.97 Å². The normalized spacial score (nSPS) is 13.1. The zero-order valence-electron chi connectivity index (χ0n) is 22.4. The van der Waals surface area contributed by atoms with E-state index < -0.39 is 0 Å². The van der Waals surface area contributed by atoms with Gasteiger partial charge in [0.25, 0.3) is 5.91 Å². The molecule has 7 nitrogen and oxygen atoms in total. The van der Waals surface area contributed by atoms with Gasteiger partial charge in [-0.15, -0.1) is 0 Å². The Kier molecular flexibility index (Phi) is 8.79. The maximum Gasteiger partial charge on any atom is 0.334 e. The number of benzene rings is 2. The number of aromatic nitrogens is 1. The fraction of sp³-hybridized carbons (Fsp3) is 0.323. The molecule has 4 rings (SSSR count). The zero-order chi connectivity index (χ0) is 27.1. The Morgan fingerprint density at radius 3 is 2.58 bits per heavy atom. The van der Waals surface area contributed by atoms with E-state index in [1.807, 2.05) is 62.4 Å². The number of ether oxygens (including phenoxy) is 3.